The van der Waals surface area contributed by atoms with Gasteiger partial charge in [0.15, 0.2) is 5.52 Å². The normalized spacial score (nSPS) is 11.0. The van der Waals surface area contributed by atoms with E-state index in [2.05, 4.69) is 9.97 Å². The van der Waals surface area contributed by atoms with Gasteiger partial charge >= 0.3 is 11.4 Å². The van der Waals surface area contributed by atoms with Gasteiger partial charge in [-0.3, -0.25) is 19.3 Å². The molecule has 0 saturated carbocycles. The molecule has 0 atom stereocenters. The summed E-state index contributed by atoms with van der Waals surface area (Å²) in [6, 6.07) is 0. The van der Waals surface area contributed by atoms with E-state index in [1.165, 1.54) is 11.6 Å². The van der Waals surface area contributed by atoms with Crippen LogP contribution in [0.15, 0.2) is 14.4 Å². The van der Waals surface area contributed by atoms with E-state index < -0.39 is 16.9 Å². The van der Waals surface area contributed by atoms with Crippen molar-refractivity contribution in [1.29, 1.82) is 0 Å². The number of hydrogen-bond acceptors (Lipinski definition) is 3. The van der Waals surface area contributed by atoms with E-state index in [9.17, 15) is 14.4 Å². The van der Waals surface area contributed by atoms with Crippen LogP contribution in [-0.4, -0.2) is 17.3 Å². The molecule has 14 heavy (non-hydrogen) atoms. The minimum atomic E-state index is -0.558. The van der Waals surface area contributed by atoms with Crippen molar-refractivity contribution in [3.63, 3.8) is 0 Å². The van der Waals surface area contributed by atoms with Crippen LogP contribution in [0.3, 0.4) is 0 Å². The largest absolute Gasteiger partial charge is 0.339 e. The molecule has 2 aromatic heterocycles. The first kappa shape index (κ1) is 9.24. The number of aromatic amines is 2. The molecule has 2 aromatic rings. The third-order valence-electron chi connectivity index (χ3n) is 1.90. The lowest BCUT2D eigenvalue weighted by atomic mass is 10.5. The molecule has 0 unspecified atom stereocenters. The number of aromatic nitrogens is 4. The van der Waals surface area contributed by atoms with Crippen LogP contribution in [0.5, 0.6) is 0 Å². The molecule has 8 heteroatoms. The lowest BCUT2D eigenvalue weighted by Gasteiger charge is -1.94. The molecular formula is C6H5IN4O3. The van der Waals surface area contributed by atoms with Crippen molar-refractivity contribution in [2.24, 2.45) is 7.05 Å². The second kappa shape index (κ2) is 2.83. The number of aryl methyl sites for hydroxylation is 1. The maximum absolute atomic E-state index is 11.5. The zero-order valence-corrected chi connectivity index (χ0v) is 9.15. The Balaban J connectivity index is 3.22. The second-order valence-corrected chi connectivity index (χ2v) is 3.69. The van der Waals surface area contributed by atoms with Crippen LogP contribution in [0.1, 0.15) is 0 Å². The third kappa shape index (κ3) is 1.06. The number of imidazole rings is 1. The maximum atomic E-state index is 11.5. The van der Waals surface area contributed by atoms with Crippen molar-refractivity contribution in [3.8, 4) is 0 Å². The molecule has 0 radical (unpaired) electrons. The average molecular weight is 308 g/mol. The molecule has 0 amide bonds. The number of fused-ring (bicyclic) bond motifs is 1. The van der Waals surface area contributed by atoms with Gasteiger partial charge in [-0.05, 0) is 0 Å². The van der Waals surface area contributed by atoms with E-state index in [0.29, 0.717) is 0 Å². The minimum Gasteiger partial charge on any atom is -0.300 e. The van der Waals surface area contributed by atoms with Gasteiger partial charge in [-0.2, -0.15) is 2.78 Å². The molecule has 0 saturated heterocycles. The summed E-state index contributed by atoms with van der Waals surface area (Å²) in [4.78, 5) is 38.6. The van der Waals surface area contributed by atoms with Gasteiger partial charge in [0.1, 0.15) is 5.65 Å². The van der Waals surface area contributed by atoms with Gasteiger partial charge < -0.3 is 0 Å². The highest BCUT2D eigenvalue weighted by atomic mass is 127. The molecule has 0 bridgehead atoms. The van der Waals surface area contributed by atoms with E-state index in [4.69, 9.17) is 0 Å². The summed E-state index contributed by atoms with van der Waals surface area (Å²) in [6.45, 7) is 0. The standard InChI is InChI=1S/C6H5IN4O3/c1-10-3-2(8-5(10)13)4(12)11(7)6(14)9-3/h1H3,(H,8,13)(H,9,14). The molecule has 7 nitrogen and oxygen atoms in total. The number of halogens is 1. The fourth-order valence-corrected chi connectivity index (χ4v) is 1.52. The van der Waals surface area contributed by atoms with Crippen LogP contribution in [0.25, 0.3) is 11.2 Å². The van der Waals surface area contributed by atoms with E-state index in [1.54, 1.807) is 22.9 Å². The molecule has 2 N–H and O–H groups in total. The molecule has 0 spiro atoms. The number of nitrogens with zero attached hydrogens (tertiary/aromatic N) is 2. The molecule has 2 heterocycles. The molecule has 0 aliphatic heterocycles. The quantitative estimate of drug-likeness (QED) is 0.606. The van der Waals surface area contributed by atoms with Gasteiger partial charge in [0, 0.05) is 7.05 Å². The van der Waals surface area contributed by atoms with E-state index >= 15 is 0 Å². The summed E-state index contributed by atoms with van der Waals surface area (Å²) in [7, 11) is 1.47. The fraction of sp³-hybridized carbons (Fsp3) is 0.167. The second-order valence-electron chi connectivity index (χ2n) is 2.73. The maximum Gasteiger partial charge on any atom is 0.339 e. The summed E-state index contributed by atoms with van der Waals surface area (Å²) in [5, 5.41) is 0. The number of rotatable bonds is 0. The predicted molar refractivity (Wildman–Crippen MR) is 57.8 cm³/mol. The highest BCUT2D eigenvalue weighted by molar-refractivity contribution is 14.1. The summed E-state index contributed by atoms with van der Waals surface area (Å²) < 4.78 is 2.05. The van der Waals surface area contributed by atoms with Crippen molar-refractivity contribution < 1.29 is 0 Å². The SMILES string of the molecule is Cn1c(=O)[nH]c2c(=O)n(I)c(=O)[nH]c21. The Hall–Kier alpha value is -1.32. The molecule has 2 rings (SSSR count). The van der Waals surface area contributed by atoms with Crippen molar-refractivity contribution in [3.05, 3.63) is 31.3 Å². The van der Waals surface area contributed by atoms with Crippen LogP contribution in [-0.2, 0) is 7.05 Å². The van der Waals surface area contributed by atoms with E-state index in [1.807, 2.05) is 0 Å². The Bertz CT molecular complexity index is 673. The first-order chi connectivity index (χ1) is 6.52. The zero-order chi connectivity index (χ0) is 10.5. The minimum absolute atomic E-state index is 0.103. The van der Waals surface area contributed by atoms with Gasteiger partial charge in [0.05, 0.1) is 22.9 Å². The first-order valence-corrected chi connectivity index (χ1v) is 4.59. The van der Waals surface area contributed by atoms with Crippen LogP contribution in [0.2, 0.25) is 0 Å². The van der Waals surface area contributed by atoms with Crippen molar-refractivity contribution >= 4 is 34.0 Å². The van der Waals surface area contributed by atoms with Crippen LogP contribution < -0.4 is 16.9 Å². The molecular weight excluding hydrogens is 303 g/mol. The highest BCUT2D eigenvalue weighted by Gasteiger charge is 2.10. The monoisotopic (exact) mass is 308 g/mol. The fourth-order valence-electron chi connectivity index (χ4n) is 1.16. The average Bonchev–Trinajstić information content (AvgIpc) is 2.42. The lowest BCUT2D eigenvalue weighted by molar-refractivity contribution is 0.872. The van der Waals surface area contributed by atoms with Gasteiger partial charge in [-0.1, -0.05) is 0 Å². The third-order valence-corrected chi connectivity index (χ3v) is 2.78. The van der Waals surface area contributed by atoms with Gasteiger partial charge in [-0.25, -0.2) is 9.59 Å². The summed E-state index contributed by atoms with van der Waals surface area (Å²) in [5.41, 5.74) is -1.21. The van der Waals surface area contributed by atoms with Crippen molar-refractivity contribution in [2.75, 3.05) is 0 Å². The molecule has 0 aromatic carbocycles. The Morgan fingerprint density at radius 1 is 1.14 bits per heavy atom. The van der Waals surface area contributed by atoms with E-state index in [0.717, 1.165) is 2.78 Å². The Morgan fingerprint density at radius 2 is 1.79 bits per heavy atom. The number of hydrogen-bond donors (Lipinski definition) is 2. The van der Waals surface area contributed by atoms with Crippen LogP contribution in [0.4, 0.5) is 0 Å². The summed E-state index contributed by atoms with van der Waals surface area (Å²) in [5.74, 6) is 0. The number of nitrogens with one attached hydrogen (secondary N) is 2. The molecule has 0 aliphatic carbocycles. The predicted octanol–water partition coefficient (Wildman–Crippen LogP) is -1.09. The van der Waals surface area contributed by atoms with E-state index in [-0.39, 0.29) is 11.2 Å². The van der Waals surface area contributed by atoms with Crippen LogP contribution in [0, 0.1) is 0 Å². The van der Waals surface area contributed by atoms with Gasteiger partial charge in [0.25, 0.3) is 5.56 Å². The zero-order valence-electron chi connectivity index (χ0n) is 7.00. The van der Waals surface area contributed by atoms with Crippen molar-refractivity contribution in [2.45, 2.75) is 0 Å². The Morgan fingerprint density at radius 3 is 2.43 bits per heavy atom. The molecule has 74 valence electrons. The molecule has 0 fully saturated rings. The van der Waals surface area contributed by atoms with Crippen molar-refractivity contribution in [1.82, 2.24) is 17.3 Å². The lowest BCUT2D eigenvalue weighted by Crippen LogP contribution is -2.29. The Kier molecular flexibility index (Phi) is 1.87. The Labute approximate surface area is 89.9 Å². The summed E-state index contributed by atoms with van der Waals surface area (Å²) >= 11 is 1.57. The number of H-pyrrole nitrogens is 2. The van der Waals surface area contributed by atoms with Gasteiger partial charge in [-0.15, -0.1) is 0 Å². The topological polar surface area (TPSA) is 92.7 Å². The molecule has 0 aliphatic rings. The summed E-state index contributed by atoms with van der Waals surface area (Å²) in [6.07, 6.45) is 0. The smallest absolute Gasteiger partial charge is 0.300 e. The van der Waals surface area contributed by atoms with Crippen LogP contribution >= 0.6 is 22.9 Å². The first-order valence-electron chi connectivity index (χ1n) is 3.62. The van der Waals surface area contributed by atoms with Gasteiger partial charge in [0.2, 0.25) is 0 Å². The highest BCUT2D eigenvalue weighted by Crippen LogP contribution is 1.96.